The van der Waals surface area contributed by atoms with E-state index in [0.29, 0.717) is 17.5 Å². The number of nitrogens with zero attached hydrogens (tertiary/aromatic N) is 5. The Morgan fingerprint density at radius 1 is 0.439 bits per heavy atom. The van der Waals surface area contributed by atoms with Crippen LogP contribution in [0.2, 0.25) is 0 Å². The molecular formula is C35H22BrN5. The number of aromatic nitrogens is 5. The minimum atomic E-state index is 0.640. The molecule has 0 spiro atoms. The minimum absolute atomic E-state index is 0.640. The van der Waals surface area contributed by atoms with E-state index in [0.717, 1.165) is 43.5 Å². The molecule has 8 rings (SSSR count). The minimum Gasteiger partial charge on any atom is -0.293 e. The highest BCUT2D eigenvalue weighted by Crippen LogP contribution is 2.38. The maximum absolute atomic E-state index is 4.89. The van der Waals surface area contributed by atoms with Gasteiger partial charge in [0.2, 0.25) is 0 Å². The van der Waals surface area contributed by atoms with E-state index in [1.807, 2.05) is 60.7 Å². The molecule has 8 aromatic rings. The zero-order valence-electron chi connectivity index (χ0n) is 21.8. The van der Waals surface area contributed by atoms with E-state index in [1.165, 1.54) is 10.9 Å². The lowest BCUT2D eigenvalue weighted by Crippen LogP contribution is -2.00. The fourth-order valence-corrected chi connectivity index (χ4v) is 6.23. The van der Waals surface area contributed by atoms with Gasteiger partial charge in [-0.25, -0.2) is 15.0 Å². The molecule has 194 valence electrons. The van der Waals surface area contributed by atoms with Crippen molar-refractivity contribution in [2.24, 2.45) is 0 Å². The first-order chi connectivity index (χ1) is 20.3. The third kappa shape index (κ3) is 3.87. The van der Waals surface area contributed by atoms with Crippen molar-refractivity contribution in [2.75, 3.05) is 0 Å². The molecule has 0 atom stereocenters. The van der Waals surface area contributed by atoms with Crippen LogP contribution in [0.1, 0.15) is 0 Å². The number of rotatable bonds is 4. The normalized spacial score (nSPS) is 11.5. The van der Waals surface area contributed by atoms with Crippen LogP contribution in [0.5, 0.6) is 0 Å². The van der Waals surface area contributed by atoms with Crippen LogP contribution in [0.3, 0.4) is 0 Å². The highest BCUT2D eigenvalue weighted by molar-refractivity contribution is 9.10. The van der Waals surface area contributed by atoms with Crippen LogP contribution in [0.4, 0.5) is 0 Å². The van der Waals surface area contributed by atoms with Gasteiger partial charge in [-0.1, -0.05) is 91.0 Å². The Bertz CT molecular complexity index is 2140. The Kier molecular flexibility index (Phi) is 5.53. The lowest BCUT2D eigenvalue weighted by molar-refractivity contribution is 1.07. The summed E-state index contributed by atoms with van der Waals surface area (Å²) >= 11 is 3.92. The molecule has 0 bridgehead atoms. The molecule has 3 heterocycles. The van der Waals surface area contributed by atoms with Crippen LogP contribution < -0.4 is 0 Å². The lowest BCUT2D eigenvalue weighted by atomic mass is 10.1. The summed E-state index contributed by atoms with van der Waals surface area (Å²) in [6.07, 6.45) is 0. The molecule has 0 amide bonds. The predicted octanol–water partition coefficient (Wildman–Crippen LogP) is 8.98. The highest BCUT2D eigenvalue weighted by Gasteiger charge is 2.20. The van der Waals surface area contributed by atoms with Gasteiger partial charge in [0.25, 0.3) is 0 Å². The third-order valence-electron chi connectivity index (χ3n) is 7.45. The molecule has 0 unspecified atom stereocenters. The van der Waals surface area contributed by atoms with Crippen molar-refractivity contribution in [1.29, 1.82) is 0 Å². The van der Waals surface area contributed by atoms with Crippen molar-refractivity contribution in [1.82, 2.24) is 23.9 Å². The SMILES string of the molecule is Brc1c2ccccc2n2c3ccccc3n(-c3ccc(-c4nc(-c5ccccc5)nc(-c5ccccc5)n4)cc3)c12. The van der Waals surface area contributed by atoms with Gasteiger partial charge in [-0.3, -0.25) is 8.97 Å². The molecule has 0 N–H and O–H groups in total. The van der Waals surface area contributed by atoms with Crippen LogP contribution in [-0.2, 0) is 0 Å². The molecule has 5 aromatic carbocycles. The topological polar surface area (TPSA) is 48.0 Å². The molecule has 3 aromatic heterocycles. The Hall–Kier alpha value is -5.07. The number of para-hydroxylation sites is 3. The molecule has 41 heavy (non-hydrogen) atoms. The molecule has 0 fully saturated rings. The molecule has 0 aliphatic rings. The number of imidazole rings is 1. The van der Waals surface area contributed by atoms with Gasteiger partial charge in [0.05, 0.1) is 21.0 Å². The van der Waals surface area contributed by atoms with Crippen molar-refractivity contribution >= 4 is 43.5 Å². The van der Waals surface area contributed by atoms with E-state index in [2.05, 4.69) is 97.7 Å². The Labute approximate surface area is 244 Å². The van der Waals surface area contributed by atoms with E-state index in [1.54, 1.807) is 0 Å². The zero-order valence-corrected chi connectivity index (χ0v) is 23.4. The lowest BCUT2D eigenvalue weighted by Gasteiger charge is -2.10. The van der Waals surface area contributed by atoms with E-state index < -0.39 is 0 Å². The number of fused-ring (bicyclic) bond motifs is 5. The molecular weight excluding hydrogens is 570 g/mol. The van der Waals surface area contributed by atoms with Gasteiger partial charge in [-0.2, -0.15) is 0 Å². The van der Waals surface area contributed by atoms with Gasteiger partial charge in [-0.05, 0) is 58.4 Å². The van der Waals surface area contributed by atoms with Crippen LogP contribution in [0, 0.1) is 0 Å². The van der Waals surface area contributed by atoms with E-state index >= 15 is 0 Å². The predicted molar refractivity (Wildman–Crippen MR) is 169 cm³/mol. The van der Waals surface area contributed by atoms with Crippen LogP contribution in [0.25, 0.3) is 67.4 Å². The van der Waals surface area contributed by atoms with Crippen molar-refractivity contribution in [3.63, 3.8) is 0 Å². The second-order valence-electron chi connectivity index (χ2n) is 9.90. The summed E-state index contributed by atoms with van der Waals surface area (Å²) in [5, 5.41) is 1.19. The van der Waals surface area contributed by atoms with Crippen LogP contribution in [-0.4, -0.2) is 23.9 Å². The highest BCUT2D eigenvalue weighted by atomic mass is 79.9. The van der Waals surface area contributed by atoms with Gasteiger partial charge in [0, 0.05) is 27.8 Å². The van der Waals surface area contributed by atoms with Gasteiger partial charge in [0.1, 0.15) is 5.65 Å². The first kappa shape index (κ1) is 23.8. The Balaban J connectivity index is 1.30. The first-order valence-electron chi connectivity index (χ1n) is 13.4. The zero-order chi connectivity index (χ0) is 27.3. The van der Waals surface area contributed by atoms with Crippen molar-refractivity contribution < 1.29 is 0 Å². The molecule has 0 aliphatic heterocycles. The molecule has 0 radical (unpaired) electrons. The molecule has 5 nitrogen and oxygen atoms in total. The summed E-state index contributed by atoms with van der Waals surface area (Å²) in [5.74, 6) is 1.95. The van der Waals surface area contributed by atoms with Crippen molar-refractivity contribution in [2.45, 2.75) is 0 Å². The Morgan fingerprint density at radius 3 is 1.49 bits per heavy atom. The second-order valence-corrected chi connectivity index (χ2v) is 10.7. The second kappa shape index (κ2) is 9.54. The summed E-state index contributed by atoms with van der Waals surface area (Å²) < 4.78 is 5.71. The molecule has 0 aliphatic carbocycles. The number of hydrogen-bond donors (Lipinski definition) is 0. The average Bonchev–Trinajstić information content (AvgIpc) is 3.54. The summed E-state index contributed by atoms with van der Waals surface area (Å²) in [5.41, 5.74) is 8.46. The van der Waals surface area contributed by atoms with E-state index in [4.69, 9.17) is 15.0 Å². The van der Waals surface area contributed by atoms with Gasteiger partial charge in [0.15, 0.2) is 17.5 Å². The summed E-state index contributed by atoms with van der Waals surface area (Å²) in [6, 6.07) is 45.6. The van der Waals surface area contributed by atoms with Crippen LogP contribution >= 0.6 is 15.9 Å². The van der Waals surface area contributed by atoms with Gasteiger partial charge >= 0.3 is 0 Å². The smallest absolute Gasteiger partial charge is 0.164 e. The summed E-state index contributed by atoms with van der Waals surface area (Å²) in [6.45, 7) is 0. The van der Waals surface area contributed by atoms with Crippen LogP contribution in [0.15, 0.2) is 138 Å². The number of benzene rings is 5. The van der Waals surface area contributed by atoms with Gasteiger partial charge < -0.3 is 0 Å². The fraction of sp³-hybridized carbons (Fsp3) is 0. The standard InChI is InChI=1S/C35H22BrN5/c36-31-27-15-7-8-16-28(27)41-30-18-10-9-17-29(30)40(35(31)41)26-21-19-25(20-22-26)34-38-32(23-11-3-1-4-12-23)37-33(39-34)24-13-5-2-6-14-24/h1-22H. The monoisotopic (exact) mass is 591 g/mol. The van der Waals surface area contributed by atoms with E-state index in [-0.39, 0.29) is 0 Å². The van der Waals surface area contributed by atoms with Gasteiger partial charge in [-0.15, -0.1) is 0 Å². The summed E-state index contributed by atoms with van der Waals surface area (Å²) in [7, 11) is 0. The maximum atomic E-state index is 4.89. The quantitative estimate of drug-likeness (QED) is 0.205. The van der Waals surface area contributed by atoms with Crippen molar-refractivity contribution in [3.8, 4) is 39.9 Å². The number of hydrogen-bond acceptors (Lipinski definition) is 3. The van der Waals surface area contributed by atoms with E-state index in [9.17, 15) is 0 Å². The first-order valence-corrected chi connectivity index (χ1v) is 14.2. The number of halogens is 1. The fourth-order valence-electron chi connectivity index (χ4n) is 5.54. The molecule has 0 saturated heterocycles. The van der Waals surface area contributed by atoms with Crippen molar-refractivity contribution in [3.05, 3.63) is 138 Å². The Morgan fingerprint density at radius 2 is 0.902 bits per heavy atom. The molecule has 6 heteroatoms. The summed E-state index contributed by atoms with van der Waals surface area (Å²) in [4.78, 5) is 14.6. The maximum Gasteiger partial charge on any atom is 0.164 e. The average molecular weight is 593 g/mol. The largest absolute Gasteiger partial charge is 0.293 e. The third-order valence-corrected chi connectivity index (χ3v) is 8.23. The molecule has 0 saturated carbocycles.